The molecular weight excluding hydrogens is 196 g/mol. The predicted molar refractivity (Wildman–Crippen MR) is 66.5 cm³/mol. The highest BCUT2D eigenvalue weighted by atomic mass is 15.2. The van der Waals surface area contributed by atoms with Gasteiger partial charge in [0.25, 0.3) is 0 Å². The van der Waals surface area contributed by atoms with E-state index in [-0.39, 0.29) is 5.54 Å². The van der Waals surface area contributed by atoms with Gasteiger partial charge in [0.2, 0.25) is 0 Å². The third-order valence-electron chi connectivity index (χ3n) is 4.22. The van der Waals surface area contributed by atoms with Crippen molar-refractivity contribution in [3.8, 4) is 0 Å². The van der Waals surface area contributed by atoms with Gasteiger partial charge in [-0.1, -0.05) is 31.2 Å². The van der Waals surface area contributed by atoms with Crippen LogP contribution in [0, 0.1) is 0 Å². The molecule has 1 aliphatic heterocycles. The van der Waals surface area contributed by atoms with E-state index in [9.17, 15) is 0 Å². The molecule has 0 radical (unpaired) electrons. The number of benzene rings is 1. The van der Waals surface area contributed by atoms with Gasteiger partial charge in [-0.2, -0.15) is 0 Å². The number of nitrogens with two attached hydrogens (primary N) is 1. The lowest BCUT2D eigenvalue weighted by Crippen LogP contribution is -2.67. The standard InChI is InChI=1S/C14H20N2/c1-2-14(15)9-16(10-14)8-12-7-11-5-3-4-6-13(11)12/h3-6,12H,2,7-10,15H2,1H3. The van der Waals surface area contributed by atoms with Gasteiger partial charge in [-0.3, -0.25) is 4.90 Å². The third-order valence-corrected chi connectivity index (χ3v) is 4.22. The Morgan fingerprint density at radius 3 is 2.81 bits per heavy atom. The third kappa shape index (κ3) is 1.57. The molecule has 0 spiro atoms. The highest BCUT2D eigenvalue weighted by Crippen LogP contribution is 2.37. The van der Waals surface area contributed by atoms with Crippen molar-refractivity contribution in [1.29, 1.82) is 0 Å². The predicted octanol–water partition coefficient (Wildman–Crippen LogP) is 1.75. The maximum absolute atomic E-state index is 6.18. The van der Waals surface area contributed by atoms with Crippen LogP contribution >= 0.6 is 0 Å². The first-order valence-electron chi connectivity index (χ1n) is 6.29. The average molecular weight is 216 g/mol. The summed E-state index contributed by atoms with van der Waals surface area (Å²) in [5.41, 5.74) is 9.40. The van der Waals surface area contributed by atoms with Crippen LogP contribution in [0.15, 0.2) is 24.3 Å². The number of likely N-dealkylation sites (tertiary alicyclic amines) is 1. The van der Waals surface area contributed by atoms with Crippen molar-refractivity contribution in [3.05, 3.63) is 35.4 Å². The number of fused-ring (bicyclic) bond motifs is 1. The fraction of sp³-hybridized carbons (Fsp3) is 0.571. The first-order valence-corrected chi connectivity index (χ1v) is 6.29. The second-order valence-corrected chi connectivity index (χ2v) is 5.49. The van der Waals surface area contributed by atoms with E-state index in [1.54, 1.807) is 11.1 Å². The second kappa shape index (κ2) is 3.57. The molecule has 86 valence electrons. The molecule has 0 saturated carbocycles. The van der Waals surface area contributed by atoms with Crippen molar-refractivity contribution in [2.45, 2.75) is 31.2 Å². The van der Waals surface area contributed by atoms with Gasteiger partial charge in [0.15, 0.2) is 0 Å². The zero-order valence-electron chi connectivity index (χ0n) is 9.95. The Kier molecular flexibility index (Phi) is 2.30. The molecule has 0 bridgehead atoms. The fourth-order valence-corrected chi connectivity index (χ4v) is 3.03. The lowest BCUT2D eigenvalue weighted by atomic mass is 9.76. The summed E-state index contributed by atoms with van der Waals surface area (Å²) in [6, 6.07) is 8.82. The van der Waals surface area contributed by atoms with Gasteiger partial charge in [0.1, 0.15) is 0 Å². The minimum atomic E-state index is 0.114. The van der Waals surface area contributed by atoms with Crippen LogP contribution < -0.4 is 5.73 Å². The van der Waals surface area contributed by atoms with E-state index >= 15 is 0 Å². The quantitative estimate of drug-likeness (QED) is 0.834. The van der Waals surface area contributed by atoms with E-state index in [1.807, 2.05) is 0 Å². The van der Waals surface area contributed by atoms with Gasteiger partial charge in [-0.05, 0) is 24.0 Å². The van der Waals surface area contributed by atoms with E-state index in [0.717, 1.165) is 25.4 Å². The minimum Gasteiger partial charge on any atom is -0.323 e. The molecule has 1 aliphatic carbocycles. The maximum atomic E-state index is 6.18. The number of rotatable bonds is 3. The van der Waals surface area contributed by atoms with Crippen molar-refractivity contribution < 1.29 is 0 Å². The summed E-state index contributed by atoms with van der Waals surface area (Å²) < 4.78 is 0. The Bertz CT molecular complexity index is 393. The van der Waals surface area contributed by atoms with Crippen molar-refractivity contribution in [1.82, 2.24) is 4.90 Å². The van der Waals surface area contributed by atoms with E-state index in [4.69, 9.17) is 5.73 Å². The normalized spacial score (nSPS) is 26.8. The Morgan fingerprint density at radius 2 is 2.12 bits per heavy atom. The summed E-state index contributed by atoms with van der Waals surface area (Å²) >= 11 is 0. The van der Waals surface area contributed by atoms with Crippen LogP contribution in [0.1, 0.15) is 30.4 Å². The van der Waals surface area contributed by atoms with Crippen LogP contribution in [0.5, 0.6) is 0 Å². The van der Waals surface area contributed by atoms with Crippen LogP contribution in [0.4, 0.5) is 0 Å². The van der Waals surface area contributed by atoms with Crippen LogP contribution in [0.3, 0.4) is 0 Å². The van der Waals surface area contributed by atoms with Crippen LogP contribution in [0.25, 0.3) is 0 Å². The van der Waals surface area contributed by atoms with Gasteiger partial charge in [-0.15, -0.1) is 0 Å². The molecule has 1 fully saturated rings. The summed E-state index contributed by atoms with van der Waals surface area (Å²) in [5.74, 6) is 0.762. The van der Waals surface area contributed by atoms with E-state index in [2.05, 4.69) is 36.1 Å². The highest BCUT2D eigenvalue weighted by Gasteiger charge is 2.39. The molecule has 2 N–H and O–H groups in total. The van der Waals surface area contributed by atoms with Crippen molar-refractivity contribution in [3.63, 3.8) is 0 Å². The molecule has 1 atom stereocenters. The maximum Gasteiger partial charge on any atom is 0.0409 e. The number of nitrogens with zero attached hydrogens (tertiary/aromatic N) is 1. The second-order valence-electron chi connectivity index (χ2n) is 5.49. The van der Waals surface area contributed by atoms with Gasteiger partial charge < -0.3 is 5.73 Å². The van der Waals surface area contributed by atoms with Crippen molar-refractivity contribution in [2.75, 3.05) is 19.6 Å². The number of hydrogen-bond acceptors (Lipinski definition) is 2. The summed E-state index contributed by atoms with van der Waals surface area (Å²) in [5, 5.41) is 0. The first-order chi connectivity index (χ1) is 7.70. The highest BCUT2D eigenvalue weighted by molar-refractivity contribution is 5.40. The van der Waals surface area contributed by atoms with Gasteiger partial charge in [0.05, 0.1) is 0 Å². The molecule has 0 amide bonds. The van der Waals surface area contributed by atoms with Crippen LogP contribution in [0.2, 0.25) is 0 Å². The first kappa shape index (κ1) is 10.3. The van der Waals surface area contributed by atoms with Crippen LogP contribution in [-0.2, 0) is 6.42 Å². The molecule has 16 heavy (non-hydrogen) atoms. The Labute approximate surface area is 97.4 Å². The number of hydrogen-bond donors (Lipinski definition) is 1. The zero-order chi connectivity index (χ0) is 11.2. The molecule has 0 aromatic heterocycles. The average Bonchev–Trinajstić information content (AvgIpc) is 2.23. The van der Waals surface area contributed by atoms with Crippen LogP contribution in [-0.4, -0.2) is 30.1 Å². The molecule has 1 unspecified atom stereocenters. The fourth-order valence-electron chi connectivity index (χ4n) is 3.03. The molecular formula is C14H20N2. The Morgan fingerprint density at radius 1 is 1.38 bits per heavy atom. The SMILES string of the molecule is CCC1(N)CN(CC2Cc3ccccc32)C1. The van der Waals surface area contributed by atoms with Gasteiger partial charge in [-0.25, -0.2) is 0 Å². The van der Waals surface area contributed by atoms with Crippen molar-refractivity contribution in [2.24, 2.45) is 5.73 Å². The van der Waals surface area contributed by atoms with E-state index < -0.39 is 0 Å². The Hall–Kier alpha value is -0.860. The Balaban J connectivity index is 1.57. The van der Waals surface area contributed by atoms with Gasteiger partial charge in [0, 0.05) is 31.1 Å². The summed E-state index contributed by atoms with van der Waals surface area (Å²) in [6.07, 6.45) is 2.36. The largest absolute Gasteiger partial charge is 0.323 e. The van der Waals surface area contributed by atoms with Gasteiger partial charge >= 0.3 is 0 Å². The molecule has 2 nitrogen and oxygen atoms in total. The molecule has 1 heterocycles. The molecule has 1 aromatic rings. The lowest BCUT2D eigenvalue weighted by Gasteiger charge is -2.49. The topological polar surface area (TPSA) is 29.3 Å². The molecule has 1 aromatic carbocycles. The molecule has 2 aliphatic rings. The summed E-state index contributed by atoms with van der Waals surface area (Å²) in [4.78, 5) is 2.50. The zero-order valence-corrected chi connectivity index (χ0v) is 9.95. The smallest absolute Gasteiger partial charge is 0.0409 e. The lowest BCUT2D eigenvalue weighted by molar-refractivity contribution is 0.0595. The molecule has 3 rings (SSSR count). The van der Waals surface area contributed by atoms with E-state index in [1.165, 1.54) is 13.0 Å². The van der Waals surface area contributed by atoms with Crippen molar-refractivity contribution >= 4 is 0 Å². The minimum absolute atomic E-state index is 0.114. The molecule has 2 heteroatoms. The molecule has 1 saturated heterocycles. The summed E-state index contributed by atoms with van der Waals surface area (Å²) in [7, 11) is 0. The van der Waals surface area contributed by atoms with E-state index in [0.29, 0.717) is 0 Å². The summed E-state index contributed by atoms with van der Waals surface area (Å²) in [6.45, 7) is 5.57. The monoisotopic (exact) mass is 216 g/mol.